The number of benzene rings is 1. The first-order valence-corrected chi connectivity index (χ1v) is 11.7. The Balaban J connectivity index is 1.62. The molecule has 0 bridgehead atoms. The van der Waals surface area contributed by atoms with Gasteiger partial charge >= 0.3 is 0 Å². The van der Waals surface area contributed by atoms with Gasteiger partial charge in [-0.1, -0.05) is 24.4 Å². The molecule has 1 aromatic heterocycles. The third kappa shape index (κ3) is 4.61. The molecule has 31 heavy (non-hydrogen) atoms. The van der Waals surface area contributed by atoms with E-state index in [1.807, 2.05) is 6.20 Å². The van der Waals surface area contributed by atoms with Crippen LogP contribution in [0.25, 0.3) is 0 Å². The van der Waals surface area contributed by atoms with Crippen molar-refractivity contribution in [1.29, 1.82) is 0 Å². The topological polar surface area (TPSA) is 112 Å². The van der Waals surface area contributed by atoms with Crippen molar-refractivity contribution in [2.45, 2.75) is 68.5 Å². The van der Waals surface area contributed by atoms with Crippen LogP contribution in [0.1, 0.15) is 58.7 Å². The minimum Gasteiger partial charge on any atom is -0.496 e. The first-order chi connectivity index (χ1) is 14.9. The average molecular weight is 470 g/mol. The summed E-state index contributed by atoms with van der Waals surface area (Å²) in [5.74, 6) is 0.992. The number of hydrogen-bond donors (Lipinski definition) is 4. The molecule has 7 nitrogen and oxygen atoms in total. The largest absolute Gasteiger partial charge is 0.496 e. The molecule has 0 unspecified atom stereocenters. The van der Waals surface area contributed by atoms with Gasteiger partial charge in [0.1, 0.15) is 36.3 Å². The molecule has 2 aromatic rings. The third-order valence-electron chi connectivity index (χ3n) is 6.27. The molecule has 2 heterocycles. The summed E-state index contributed by atoms with van der Waals surface area (Å²) in [7, 11) is 1.48. The van der Waals surface area contributed by atoms with Crippen LogP contribution in [-0.2, 0) is 11.2 Å². The fourth-order valence-electron chi connectivity index (χ4n) is 4.48. The smallest absolute Gasteiger partial charge is 0.126 e. The molecule has 1 saturated carbocycles. The molecule has 0 spiro atoms. The van der Waals surface area contributed by atoms with Crippen molar-refractivity contribution < 1.29 is 29.9 Å². The van der Waals surface area contributed by atoms with Gasteiger partial charge in [-0.25, -0.2) is 4.98 Å². The number of aromatic nitrogens is 1. The Hall–Kier alpha value is -1.26. The SMILES string of the molecule is COc1cc(Cl)c(Cc2ncc(C3CCCC3)s2)cc1[C@@H]1O[C@H](CO)[C@@H](O)[C@H](O)[C@H]1O. The lowest BCUT2D eigenvalue weighted by molar-refractivity contribution is -0.232. The standard InChI is InChI=1S/C22H28ClNO6S/c1-29-15-8-14(23)12(7-18-24-9-17(31-18)11-4-2-3-5-11)6-13(15)22-21(28)20(27)19(26)16(10-25)30-22/h6,8-9,11,16,19-22,25-28H,2-5,7,10H2,1H3/t16-,19-,20+,21-,22+/m1/s1. The van der Waals surface area contributed by atoms with Gasteiger partial charge in [-0.2, -0.15) is 0 Å². The average Bonchev–Trinajstić information content (AvgIpc) is 3.46. The van der Waals surface area contributed by atoms with Gasteiger partial charge in [-0.05, 0) is 36.5 Å². The maximum atomic E-state index is 10.6. The minimum atomic E-state index is -1.47. The Labute approximate surface area is 190 Å². The Bertz CT molecular complexity index is 900. The summed E-state index contributed by atoms with van der Waals surface area (Å²) in [6, 6.07) is 3.43. The van der Waals surface area contributed by atoms with Crippen LogP contribution in [0, 0.1) is 0 Å². The van der Waals surface area contributed by atoms with Crippen LogP contribution in [-0.4, -0.2) is 63.5 Å². The molecule has 0 radical (unpaired) electrons. The monoisotopic (exact) mass is 469 g/mol. The molecular formula is C22H28ClNO6S. The van der Waals surface area contributed by atoms with Gasteiger partial charge < -0.3 is 29.9 Å². The highest BCUT2D eigenvalue weighted by molar-refractivity contribution is 7.11. The highest BCUT2D eigenvalue weighted by Gasteiger charge is 2.45. The molecule has 1 saturated heterocycles. The zero-order valence-electron chi connectivity index (χ0n) is 17.3. The van der Waals surface area contributed by atoms with Crippen molar-refractivity contribution in [1.82, 2.24) is 4.98 Å². The van der Waals surface area contributed by atoms with Crippen LogP contribution >= 0.6 is 22.9 Å². The first-order valence-electron chi connectivity index (χ1n) is 10.5. The van der Waals surface area contributed by atoms with Crippen LogP contribution in [0.4, 0.5) is 0 Å². The predicted molar refractivity (Wildman–Crippen MR) is 117 cm³/mol. The van der Waals surface area contributed by atoms with E-state index < -0.39 is 37.1 Å². The predicted octanol–water partition coefficient (Wildman–Crippen LogP) is 2.57. The van der Waals surface area contributed by atoms with Crippen molar-refractivity contribution >= 4 is 22.9 Å². The number of halogens is 1. The molecule has 1 aliphatic heterocycles. The second-order valence-corrected chi connectivity index (χ2v) is 9.80. The fraction of sp³-hybridized carbons (Fsp3) is 0.591. The molecule has 5 atom stereocenters. The summed E-state index contributed by atoms with van der Waals surface area (Å²) < 4.78 is 11.2. The Morgan fingerprint density at radius 2 is 1.90 bits per heavy atom. The molecule has 1 aromatic carbocycles. The van der Waals surface area contributed by atoms with Crippen molar-refractivity contribution in [2.75, 3.05) is 13.7 Å². The first kappa shape index (κ1) is 22.9. The lowest BCUT2D eigenvalue weighted by atomic mass is 9.90. The van der Waals surface area contributed by atoms with E-state index in [0.717, 1.165) is 10.6 Å². The molecule has 9 heteroatoms. The highest BCUT2D eigenvalue weighted by atomic mass is 35.5. The van der Waals surface area contributed by atoms with Gasteiger partial charge in [-0.3, -0.25) is 0 Å². The highest BCUT2D eigenvalue weighted by Crippen LogP contribution is 2.41. The normalized spacial score (nSPS) is 29.4. The number of hydrogen-bond acceptors (Lipinski definition) is 8. The third-order valence-corrected chi connectivity index (χ3v) is 7.78. The zero-order valence-corrected chi connectivity index (χ0v) is 18.8. The second kappa shape index (κ2) is 9.70. The van der Waals surface area contributed by atoms with Crippen LogP contribution in [0.2, 0.25) is 5.02 Å². The Kier molecular flexibility index (Phi) is 7.17. The quantitative estimate of drug-likeness (QED) is 0.514. The van der Waals surface area contributed by atoms with E-state index in [2.05, 4.69) is 4.98 Å². The molecule has 0 amide bonds. The molecule has 2 aliphatic rings. The maximum absolute atomic E-state index is 10.6. The number of methoxy groups -OCH3 is 1. The van der Waals surface area contributed by atoms with Gasteiger partial charge in [0.15, 0.2) is 0 Å². The molecular weight excluding hydrogens is 442 g/mol. The van der Waals surface area contributed by atoms with E-state index in [0.29, 0.717) is 28.7 Å². The maximum Gasteiger partial charge on any atom is 0.126 e. The van der Waals surface area contributed by atoms with E-state index in [9.17, 15) is 20.4 Å². The summed E-state index contributed by atoms with van der Waals surface area (Å²) >= 11 is 8.21. The lowest BCUT2D eigenvalue weighted by Gasteiger charge is -2.40. The van der Waals surface area contributed by atoms with Gasteiger partial charge in [-0.15, -0.1) is 11.3 Å². The summed E-state index contributed by atoms with van der Waals surface area (Å²) in [5.41, 5.74) is 1.29. The van der Waals surface area contributed by atoms with E-state index in [1.165, 1.54) is 37.7 Å². The number of rotatable bonds is 6. The van der Waals surface area contributed by atoms with Gasteiger partial charge in [0.2, 0.25) is 0 Å². The van der Waals surface area contributed by atoms with Crippen LogP contribution in [0.5, 0.6) is 5.75 Å². The van der Waals surface area contributed by atoms with E-state index in [1.54, 1.807) is 23.5 Å². The van der Waals surface area contributed by atoms with Crippen molar-refractivity contribution in [3.05, 3.63) is 44.4 Å². The summed E-state index contributed by atoms with van der Waals surface area (Å²) in [4.78, 5) is 5.90. The van der Waals surface area contributed by atoms with E-state index in [-0.39, 0.29) is 0 Å². The number of thiazole rings is 1. The summed E-state index contributed by atoms with van der Waals surface area (Å²) in [6.45, 7) is -0.493. The minimum absolute atomic E-state index is 0.392. The molecule has 1 aliphatic carbocycles. The molecule has 170 valence electrons. The number of nitrogens with zero attached hydrogens (tertiary/aromatic N) is 1. The second-order valence-electron chi connectivity index (χ2n) is 8.25. The van der Waals surface area contributed by atoms with Crippen LogP contribution in [0.15, 0.2) is 18.3 Å². The summed E-state index contributed by atoms with van der Waals surface area (Å²) in [5, 5.41) is 41.8. The number of aliphatic hydroxyl groups excluding tert-OH is 4. The molecule has 2 fully saturated rings. The Morgan fingerprint density at radius 1 is 1.16 bits per heavy atom. The van der Waals surface area contributed by atoms with Crippen LogP contribution < -0.4 is 4.74 Å². The van der Waals surface area contributed by atoms with Gasteiger partial charge in [0, 0.05) is 28.1 Å². The van der Waals surface area contributed by atoms with Gasteiger partial charge in [0.05, 0.1) is 18.7 Å². The van der Waals surface area contributed by atoms with E-state index >= 15 is 0 Å². The molecule has 4 rings (SSSR count). The van der Waals surface area contributed by atoms with Gasteiger partial charge in [0.25, 0.3) is 0 Å². The Morgan fingerprint density at radius 3 is 2.58 bits per heavy atom. The van der Waals surface area contributed by atoms with Crippen LogP contribution in [0.3, 0.4) is 0 Å². The fourth-order valence-corrected chi connectivity index (χ4v) is 5.81. The van der Waals surface area contributed by atoms with Crippen molar-refractivity contribution in [3.63, 3.8) is 0 Å². The molecule has 4 N–H and O–H groups in total. The van der Waals surface area contributed by atoms with Crippen molar-refractivity contribution in [2.24, 2.45) is 0 Å². The van der Waals surface area contributed by atoms with E-state index in [4.69, 9.17) is 21.1 Å². The number of ether oxygens (including phenoxy) is 2. The summed E-state index contributed by atoms with van der Waals surface area (Å²) in [6.07, 6.45) is 1.18. The number of aliphatic hydroxyl groups is 4. The lowest BCUT2D eigenvalue weighted by Crippen LogP contribution is -2.55. The van der Waals surface area contributed by atoms with Crippen molar-refractivity contribution in [3.8, 4) is 5.75 Å². The zero-order chi connectivity index (χ0) is 22.1.